The molecule has 38 heavy (non-hydrogen) atoms. The second-order valence-electron chi connectivity index (χ2n) is 8.23. The van der Waals surface area contributed by atoms with E-state index >= 15 is 0 Å². The third kappa shape index (κ3) is 5.35. The summed E-state index contributed by atoms with van der Waals surface area (Å²) in [5.74, 6) is -6.44. The largest absolute Gasteiger partial charge is 0.383 e. The van der Waals surface area contributed by atoms with Crippen molar-refractivity contribution in [2.45, 2.75) is 10.3 Å². The fraction of sp³-hybridized carbons (Fsp3) is 0.167. The van der Waals surface area contributed by atoms with Gasteiger partial charge in [-0.1, -0.05) is 46.4 Å². The Balaban J connectivity index is 1.57. The maximum Gasteiger partial charge on any atom is 0.257 e. The Hall–Kier alpha value is -2.07. The Morgan fingerprint density at radius 1 is 0.868 bits per heavy atom. The standard InChI is InChI=1S/C24H14Cl6F3N3O2/c1-34-21-13(31)2-3-15(20(21)33)36-22(37)10-6-9(7-14(32)18(10)27)35-23(38)17-16(24(17,29)30)8-4-11(25)19(28)12(26)5-8/h2-7,16-17,34H,1H3,(H,35,38)(H,36,37)/t16-,17+/m0/s1. The number of nitrogens with one attached hydrogen (secondary N) is 3. The molecule has 2 atom stereocenters. The Bertz CT molecular complexity index is 1460. The van der Waals surface area contributed by atoms with Crippen molar-refractivity contribution in [3.05, 3.63) is 85.1 Å². The van der Waals surface area contributed by atoms with Crippen molar-refractivity contribution in [2.24, 2.45) is 5.92 Å². The first-order valence-corrected chi connectivity index (χ1v) is 12.8. The second-order valence-corrected chi connectivity index (χ2v) is 11.2. The zero-order valence-corrected chi connectivity index (χ0v) is 23.4. The summed E-state index contributed by atoms with van der Waals surface area (Å²) in [4.78, 5) is 25.8. The fourth-order valence-corrected chi connectivity index (χ4v) is 5.57. The molecule has 1 fully saturated rings. The van der Waals surface area contributed by atoms with Gasteiger partial charge in [-0.2, -0.15) is 0 Å². The highest BCUT2D eigenvalue weighted by atomic mass is 35.5. The lowest BCUT2D eigenvalue weighted by molar-refractivity contribution is -0.117. The van der Waals surface area contributed by atoms with Gasteiger partial charge >= 0.3 is 0 Å². The number of benzene rings is 3. The van der Waals surface area contributed by atoms with Gasteiger partial charge in [-0.15, -0.1) is 23.2 Å². The van der Waals surface area contributed by atoms with Crippen molar-refractivity contribution >= 4 is 98.5 Å². The maximum atomic E-state index is 14.6. The summed E-state index contributed by atoms with van der Waals surface area (Å²) in [6.45, 7) is 0. The monoisotopic (exact) mass is 643 g/mol. The van der Waals surface area contributed by atoms with Crippen LogP contribution < -0.4 is 16.0 Å². The van der Waals surface area contributed by atoms with Crippen LogP contribution in [-0.2, 0) is 4.79 Å². The molecular formula is C24H14Cl6F3N3O2. The number of alkyl halides is 2. The van der Waals surface area contributed by atoms with Gasteiger partial charge in [0, 0.05) is 18.7 Å². The molecule has 200 valence electrons. The van der Waals surface area contributed by atoms with Crippen molar-refractivity contribution < 1.29 is 22.8 Å². The molecule has 1 aliphatic carbocycles. The number of rotatable bonds is 6. The number of hydrogen-bond donors (Lipinski definition) is 3. The van der Waals surface area contributed by atoms with Crippen molar-refractivity contribution in [1.82, 2.24) is 0 Å². The summed E-state index contributed by atoms with van der Waals surface area (Å²) in [5.41, 5.74) is -0.988. The fourth-order valence-electron chi connectivity index (χ4n) is 3.94. The summed E-state index contributed by atoms with van der Waals surface area (Å²) in [7, 11) is 1.29. The predicted octanol–water partition coefficient (Wildman–Crippen LogP) is 8.54. The molecular weight excluding hydrogens is 632 g/mol. The quantitative estimate of drug-likeness (QED) is 0.186. The molecule has 0 aromatic heterocycles. The molecule has 0 saturated heterocycles. The topological polar surface area (TPSA) is 70.2 Å². The van der Waals surface area contributed by atoms with Gasteiger partial charge in [0.2, 0.25) is 5.91 Å². The number of carbonyl (C=O) groups is 2. The van der Waals surface area contributed by atoms with Gasteiger partial charge < -0.3 is 16.0 Å². The molecule has 0 unspecified atom stereocenters. The number of amides is 2. The van der Waals surface area contributed by atoms with Gasteiger partial charge in [-0.05, 0) is 42.0 Å². The Kier molecular flexibility index (Phi) is 8.25. The van der Waals surface area contributed by atoms with E-state index in [0.29, 0.717) is 5.56 Å². The minimum atomic E-state index is -1.54. The molecule has 1 aliphatic rings. The van der Waals surface area contributed by atoms with E-state index in [-0.39, 0.29) is 26.4 Å². The molecule has 5 nitrogen and oxygen atoms in total. The molecule has 0 radical (unpaired) electrons. The molecule has 0 heterocycles. The highest BCUT2D eigenvalue weighted by molar-refractivity contribution is 6.54. The van der Waals surface area contributed by atoms with Gasteiger partial charge in [0.05, 0.1) is 37.3 Å². The molecule has 0 aliphatic heterocycles. The Labute approximate surface area is 244 Å². The van der Waals surface area contributed by atoms with Crippen LogP contribution in [0.2, 0.25) is 20.1 Å². The molecule has 3 aromatic carbocycles. The van der Waals surface area contributed by atoms with Crippen LogP contribution >= 0.6 is 69.6 Å². The normalized spacial score (nSPS) is 17.6. The summed E-state index contributed by atoms with van der Waals surface area (Å²) in [6, 6.07) is 6.84. The van der Waals surface area contributed by atoms with Crippen LogP contribution in [0.3, 0.4) is 0 Å². The maximum absolute atomic E-state index is 14.6. The van der Waals surface area contributed by atoms with E-state index < -0.39 is 61.7 Å². The average molecular weight is 646 g/mol. The molecule has 14 heteroatoms. The van der Waals surface area contributed by atoms with Crippen molar-refractivity contribution in [1.29, 1.82) is 0 Å². The number of halogens is 9. The zero-order chi connectivity index (χ0) is 28.1. The Morgan fingerprint density at radius 2 is 1.50 bits per heavy atom. The molecule has 0 bridgehead atoms. The van der Waals surface area contributed by atoms with Gasteiger partial charge in [-0.25, -0.2) is 13.2 Å². The number of carbonyl (C=O) groups excluding carboxylic acids is 2. The minimum absolute atomic E-state index is 0.124. The third-order valence-electron chi connectivity index (χ3n) is 5.83. The molecule has 4 rings (SSSR count). The molecule has 3 aromatic rings. The van der Waals surface area contributed by atoms with Crippen molar-refractivity contribution in [2.75, 3.05) is 23.0 Å². The van der Waals surface area contributed by atoms with E-state index in [2.05, 4.69) is 16.0 Å². The highest BCUT2D eigenvalue weighted by Gasteiger charge is 2.67. The van der Waals surface area contributed by atoms with Crippen LogP contribution in [0.4, 0.5) is 30.2 Å². The summed E-state index contributed by atoms with van der Waals surface area (Å²) in [5, 5.41) is 6.81. The molecule has 2 amide bonds. The van der Waals surface area contributed by atoms with Crippen molar-refractivity contribution in [3.8, 4) is 0 Å². The minimum Gasteiger partial charge on any atom is -0.383 e. The lowest BCUT2D eigenvalue weighted by Crippen LogP contribution is -2.19. The van der Waals surface area contributed by atoms with E-state index in [1.807, 2.05) is 0 Å². The first-order chi connectivity index (χ1) is 17.8. The molecule has 1 saturated carbocycles. The van der Waals surface area contributed by atoms with E-state index in [4.69, 9.17) is 69.6 Å². The summed E-state index contributed by atoms with van der Waals surface area (Å²) >= 11 is 36.8. The number of anilines is 3. The van der Waals surface area contributed by atoms with E-state index in [1.54, 1.807) is 0 Å². The lowest BCUT2D eigenvalue weighted by Gasteiger charge is -2.13. The second kappa shape index (κ2) is 10.8. The van der Waals surface area contributed by atoms with E-state index in [0.717, 1.165) is 24.3 Å². The van der Waals surface area contributed by atoms with Gasteiger partial charge in [0.25, 0.3) is 5.91 Å². The Morgan fingerprint density at radius 3 is 2.11 bits per heavy atom. The van der Waals surface area contributed by atoms with Gasteiger partial charge in [0.1, 0.15) is 21.7 Å². The van der Waals surface area contributed by atoms with Crippen LogP contribution in [0, 0.1) is 23.4 Å². The first-order valence-electron chi connectivity index (χ1n) is 10.6. The SMILES string of the molecule is CNc1c(F)ccc(NC(=O)c2cc(NC(=O)[C@H]3[C@H](c4cc(Cl)c(Cl)c(Cl)c4)C3(Cl)Cl)cc(F)c2Cl)c1F. The predicted molar refractivity (Wildman–Crippen MR) is 146 cm³/mol. The first kappa shape index (κ1) is 28.9. The lowest BCUT2D eigenvalue weighted by atomic mass is 10.1. The summed E-state index contributed by atoms with van der Waals surface area (Å²) in [6.07, 6.45) is 0. The average Bonchev–Trinajstić information content (AvgIpc) is 3.43. The van der Waals surface area contributed by atoms with Crippen molar-refractivity contribution in [3.63, 3.8) is 0 Å². The highest BCUT2D eigenvalue weighted by Crippen LogP contribution is 2.65. The molecule has 0 spiro atoms. The van der Waals surface area contributed by atoms with Crippen LogP contribution in [0.25, 0.3) is 0 Å². The third-order valence-corrected chi connectivity index (χ3v) is 8.35. The van der Waals surface area contributed by atoms with Gasteiger partial charge in [0.15, 0.2) is 5.82 Å². The van der Waals surface area contributed by atoms with Crippen LogP contribution in [-0.4, -0.2) is 23.2 Å². The zero-order valence-electron chi connectivity index (χ0n) is 18.8. The number of hydrogen-bond acceptors (Lipinski definition) is 3. The van der Waals surface area contributed by atoms with Crippen LogP contribution in [0.15, 0.2) is 36.4 Å². The smallest absolute Gasteiger partial charge is 0.257 e. The van der Waals surface area contributed by atoms with Crippen LogP contribution in [0.1, 0.15) is 21.8 Å². The van der Waals surface area contributed by atoms with E-state index in [9.17, 15) is 22.8 Å². The van der Waals surface area contributed by atoms with Gasteiger partial charge in [-0.3, -0.25) is 9.59 Å². The summed E-state index contributed by atoms with van der Waals surface area (Å²) < 4.78 is 41.3. The van der Waals surface area contributed by atoms with E-state index in [1.165, 1.54) is 19.2 Å². The molecule has 3 N–H and O–H groups in total. The van der Waals surface area contributed by atoms with Crippen LogP contribution in [0.5, 0.6) is 0 Å².